The molecule has 5 nitrogen and oxygen atoms in total. The van der Waals surface area contributed by atoms with Crippen molar-refractivity contribution in [2.24, 2.45) is 13.0 Å². The highest BCUT2D eigenvalue weighted by atomic mass is 19.1. The van der Waals surface area contributed by atoms with Crippen molar-refractivity contribution in [2.45, 2.75) is 13.8 Å². The number of rotatable bonds is 5. The summed E-state index contributed by atoms with van der Waals surface area (Å²) in [4.78, 5) is 12.1. The van der Waals surface area contributed by atoms with Crippen molar-refractivity contribution in [3.05, 3.63) is 35.8 Å². The lowest BCUT2D eigenvalue weighted by Crippen LogP contribution is -2.28. The molecule has 0 spiro atoms. The Morgan fingerprint density at radius 2 is 2.14 bits per heavy atom. The van der Waals surface area contributed by atoms with E-state index in [1.165, 1.54) is 17.9 Å². The molecule has 0 fully saturated rings. The first-order valence-corrected chi connectivity index (χ1v) is 7.08. The third-order valence-corrected chi connectivity index (χ3v) is 3.24. The van der Waals surface area contributed by atoms with Crippen LogP contribution in [0, 0.1) is 11.7 Å². The molecule has 0 radical (unpaired) electrons. The molecule has 1 amide bonds. The molecule has 0 saturated carbocycles. The lowest BCUT2D eigenvalue weighted by Gasteiger charge is -2.06. The minimum atomic E-state index is -0.438. The first-order valence-electron chi connectivity index (χ1n) is 7.08. The Hall–Kier alpha value is -2.37. The van der Waals surface area contributed by atoms with Crippen LogP contribution in [0.2, 0.25) is 0 Å². The van der Waals surface area contributed by atoms with Gasteiger partial charge in [-0.2, -0.15) is 5.10 Å². The predicted octanol–water partition coefficient (Wildman–Crippen LogP) is 2.62. The molecule has 0 atom stereocenters. The van der Waals surface area contributed by atoms with Gasteiger partial charge in [0, 0.05) is 25.2 Å². The maximum absolute atomic E-state index is 14.1. The van der Waals surface area contributed by atoms with Crippen molar-refractivity contribution in [1.29, 1.82) is 0 Å². The van der Waals surface area contributed by atoms with Crippen molar-refractivity contribution in [1.82, 2.24) is 15.1 Å². The number of nitrogens with zero attached hydrogens (tertiary/aromatic N) is 2. The summed E-state index contributed by atoms with van der Waals surface area (Å²) >= 11 is 0. The Kier molecular flexibility index (Phi) is 4.80. The Bertz CT molecular complexity index is 680. The van der Waals surface area contributed by atoms with Crippen LogP contribution in [0.15, 0.2) is 24.3 Å². The van der Waals surface area contributed by atoms with Gasteiger partial charge >= 0.3 is 0 Å². The van der Waals surface area contributed by atoms with E-state index in [1.807, 2.05) is 13.8 Å². The number of hydrogen-bond acceptors (Lipinski definition) is 3. The number of carbonyl (C=O) groups excluding carboxylic acids is 1. The van der Waals surface area contributed by atoms with Crippen LogP contribution < -0.4 is 10.1 Å². The van der Waals surface area contributed by atoms with Crippen molar-refractivity contribution in [2.75, 3.05) is 13.7 Å². The second-order valence-electron chi connectivity index (χ2n) is 5.49. The van der Waals surface area contributed by atoms with Crippen molar-refractivity contribution < 1.29 is 13.9 Å². The predicted molar refractivity (Wildman–Crippen MR) is 82.3 cm³/mol. The smallest absolute Gasteiger partial charge is 0.269 e. The molecule has 1 heterocycles. The van der Waals surface area contributed by atoms with Crippen LogP contribution in [0.4, 0.5) is 4.39 Å². The summed E-state index contributed by atoms with van der Waals surface area (Å²) in [7, 11) is 3.14. The number of benzene rings is 1. The zero-order valence-corrected chi connectivity index (χ0v) is 13.2. The highest BCUT2D eigenvalue weighted by Gasteiger charge is 2.16. The highest BCUT2D eigenvalue weighted by molar-refractivity contribution is 5.93. The molecule has 0 aliphatic heterocycles. The van der Waals surface area contributed by atoms with Gasteiger partial charge in [-0.15, -0.1) is 0 Å². The Labute approximate surface area is 129 Å². The van der Waals surface area contributed by atoms with E-state index in [4.69, 9.17) is 4.74 Å². The summed E-state index contributed by atoms with van der Waals surface area (Å²) < 4.78 is 20.5. The van der Waals surface area contributed by atoms with Gasteiger partial charge in [-0.05, 0) is 24.1 Å². The fraction of sp³-hybridized carbons (Fsp3) is 0.375. The van der Waals surface area contributed by atoms with Crippen LogP contribution >= 0.6 is 0 Å². The van der Waals surface area contributed by atoms with Crippen LogP contribution in [0.3, 0.4) is 0 Å². The molecule has 6 heteroatoms. The minimum absolute atomic E-state index is 0.219. The molecular weight excluding hydrogens is 285 g/mol. The van der Waals surface area contributed by atoms with E-state index in [-0.39, 0.29) is 5.91 Å². The lowest BCUT2D eigenvalue weighted by molar-refractivity contribution is 0.0939. The molecule has 1 N–H and O–H groups in total. The summed E-state index contributed by atoms with van der Waals surface area (Å²) in [6.45, 7) is 4.61. The Morgan fingerprint density at radius 3 is 2.73 bits per heavy atom. The van der Waals surface area contributed by atoms with Gasteiger partial charge in [-0.25, -0.2) is 4.39 Å². The van der Waals surface area contributed by atoms with Crippen LogP contribution in [-0.2, 0) is 7.05 Å². The summed E-state index contributed by atoms with van der Waals surface area (Å²) in [5.74, 6) is 0.137. The van der Waals surface area contributed by atoms with Gasteiger partial charge in [0.15, 0.2) is 0 Å². The van der Waals surface area contributed by atoms with Crippen LogP contribution in [0.5, 0.6) is 5.75 Å². The molecular formula is C16H20FN3O2. The van der Waals surface area contributed by atoms with E-state index in [1.54, 1.807) is 25.2 Å². The third kappa shape index (κ3) is 3.44. The largest absolute Gasteiger partial charge is 0.497 e. The summed E-state index contributed by atoms with van der Waals surface area (Å²) in [5, 5.41) is 7.04. The van der Waals surface area contributed by atoms with E-state index >= 15 is 0 Å². The molecule has 0 unspecified atom stereocenters. The second kappa shape index (κ2) is 6.60. The molecule has 0 aliphatic carbocycles. The number of aryl methyl sites for hydroxylation is 1. The third-order valence-electron chi connectivity index (χ3n) is 3.24. The van der Waals surface area contributed by atoms with E-state index in [0.29, 0.717) is 35.2 Å². The first kappa shape index (κ1) is 16.0. The first-order chi connectivity index (χ1) is 10.4. The standard InChI is InChI=1S/C16H20FN3O2/c1-10(2)9-18-16(21)15-8-14(19-20(15)3)12-6-5-11(22-4)7-13(12)17/h5-8,10H,9H2,1-4H3,(H,18,21). The highest BCUT2D eigenvalue weighted by Crippen LogP contribution is 2.25. The zero-order chi connectivity index (χ0) is 16.3. The quantitative estimate of drug-likeness (QED) is 0.924. The molecule has 0 bridgehead atoms. The summed E-state index contributed by atoms with van der Waals surface area (Å²) in [6.07, 6.45) is 0. The van der Waals surface area contributed by atoms with Crippen LogP contribution in [0.25, 0.3) is 11.3 Å². The Balaban J connectivity index is 2.28. The average molecular weight is 305 g/mol. The van der Waals surface area contributed by atoms with Crippen molar-refractivity contribution >= 4 is 5.91 Å². The number of halogens is 1. The molecule has 118 valence electrons. The fourth-order valence-electron chi connectivity index (χ4n) is 2.03. The van der Waals surface area contributed by atoms with Gasteiger partial charge in [0.25, 0.3) is 5.91 Å². The van der Waals surface area contributed by atoms with E-state index in [9.17, 15) is 9.18 Å². The molecule has 1 aromatic heterocycles. The number of hydrogen-bond donors (Lipinski definition) is 1. The summed E-state index contributed by atoms with van der Waals surface area (Å²) in [6, 6.07) is 6.13. The molecule has 2 rings (SSSR count). The zero-order valence-electron chi connectivity index (χ0n) is 13.2. The van der Waals surface area contributed by atoms with Gasteiger partial charge in [-0.1, -0.05) is 13.8 Å². The summed E-state index contributed by atoms with van der Waals surface area (Å²) in [5.41, 5.74) is 1.14. The van der Waals surface area contributed by atoms with Crippen LogP contribution in [-0.4, -0.2) is 29.3 Å². The maximum Gasteiger partial charge on any atom is 0.269 e. The van der Waals surface area contributed by atoms with Gasteiger partial charge in [-0.3, -0.25) is 9.48 Å². The van der Waals surface area contributed by atoms with Crippen LogP contribution in [0.1, 0.15) is 24.3 Å². The topological polar surface area (TPSA) is 56.1 Å². The van der Waals surface area contributed by atoms with Gasteiger partial charge in [0.05, 0.1) is 12.8 Å². The van der Waals surface area contributed by atoms with Gasteiger partial charge in [0.1, 0.15) is 17.3 Å². The van der Waals surface area contributed by atoms with E-state index in [2.05, 4.69) is 10.4 Å². The number of ether oxygens (including phenoxy) is 1. The SMILES string of the molecule is COc1ccc(-c2cc(C(=O)NCC(C)C)n(C)n2)c(F)c1. The van der Waals surface area contributed by atoms with Crippen molar-refractivity contribution in [3.8, 4) is 17.0 Å². The normalized spacial score (nSPS) is 10.8. The van der Waals surface area contributed by atoms with Gasteiger partial charge in [0.2, 0.25) is 0 Å². The number of nitrogens with one attached hydrogen (secondary N) is 1. The number of aromatic nitrogens is 2. The van der Waals surface area contributed by atoms with Gasteiger partial charge < -0.3 is 10.1 Å². The molecule has 2 aromatic rings. The molecule has 0 aliphatic rings. The number of methoxy groups -OCH3 is 1. The van der Waals surface area contributed by atoms with E-state index in [0.717, 1.165) is 0 Å². The molecule has 1 aromatic carbocycles. The second-order valence-corrected chi connectivity index (χ2v) is 5.49. The molecule has 0 saturated heterocycles. The monoisotopic (exact) mass is 305 g/mol. The maximum atomic E-state index is 14.1. The minimum Gasteiger partial charge on any atom is -0.497 e. The Morgan fingerprint density at radius 1 is 1.41 bits per heavy atom. The lowest BCUT2D eigenvalue weighted by atomic mass is 10.1. The number of amides is 1. The van der Waals surface area contributed by atoms with Crippen molar-refractivity contribution in [3.63, 3.8) is 0 Å². The fourth-order valence-corrected chi connectivity index (χ4v) is 2.03. The average Bonchev–Trinajstić information content (AvgIpc) is 2.86. The number of carbonyl (C=O) groups is 1. The van der Waals surface area contributed by atoms with E-state index < -0.39 is 5.82 Å². The molecule has 22 heavy (non-hydrogen) atoms.